The number of guanidine groups is 1. The molecule has 1 fully saturated rings. The van der Waals surface area contributed by atoms with Crippen LogP contribution in [0.5, 0.6) is 0 Å². The van der Waals surface area contributed by atoms with Crippen LogP contribution < -0.4 is 10.6 Å². The zero-order chi connectivity index (χ0) is 16.3. The largest absolute Gasteiger partial charge is 0.378 e. The van der Waals surface area contributed by atoms with E-state index in [9.17, 15) is 0 Å². The molecule has 1 aliphatic carbocycles. The van der Waals surface area contributed by atoms with E-state index in [2.05, 4.69) is 27.5 Å². The molecule has 1 aromatic rings. The number of nitrogens with zero attached hydrogens (tertiary/aromatic N) is 2. The summed E-state index contributed by atoms with van der Waals surface area (Å²) >= 11 is 1.80. The number of rotatable bonds is 9. The van der Waals surface area contributed by atoms with E-state index in [0.29, 0.717) is 6.10 Å². The zero-order valence-corrected chi connectivity index (χ0v) is 18.0. The van der Waals surface area contributed by atoms with Crippen molar-refractivity contribution in [3.63, 3.8) is 0 Å². The maximum Gasteiger partial charge on any atom is 0.190 e. The van der Waals surface area contributed by atoms with E-state index >= 15 is 0 Å². The fourth-order valence-electron chi connectivity index (χ4n) is 2.72. The predicted octanol–water partition coefficient (Wildman–Crippen LogP) is 3.38. The summed E-state index contributed by atoms with van der Waals surface area (Å²) in [6.45, 7) is 4.75. The second-order valence-electron chi connectivity index (χ2n) is 5.88. The number of aromatic nitrogens is 1. The lowest BCUT2D eigenvalue weighted by atomic mass is 10.3. The number of hydrogen-bond donors (Lipinski definition) is 2. The Kier molecular flexibility index (Phi) is 11.6. The Labute approximate surface area is 167 Å². The average molecular weight is 466 g/mol. The van der Waals surface area contributed by atoms with Gasteiger partial charge < -0.3 is 15.4 Å². The summed E-state index contributed by atoms with van der Waals surface area (Å²) in [6, 6.07) is 0. The lowest BCUT2D eigenvalue weighted by Crippen LogP contribution is -2.39. The SMILES string of the molecule is CCc1cnc(CCNC(=NC)NCCCOC2CCCC2)s1.I. The van der Waals surface area contributed by atoms with Gasteiger partial charge in [-0.15, -0.1) is 35.3 Å². The Balaban J connectivity index is 0.00000288. The molecule has 0 aromatic carbocycles. The van der Waals surface area contributed by atoms with Gasteiger partial charge in [0.25, 0.3) is 0 Å². The molecular formula is C17H31IN4OS. The molecular weight excluding hydrogens is 435 g/mol. The van der Waals surface area contributed by atoms with Gasteiger partial charge in [-0.1, -0.05) is 19.8 Å². The molecule has 1 saturated carbocycles. The first-order valence-electron chi connectivity index (χ1n) is 8.81. The first-order valence-corrected chi connectivity index (χ1v) is 9.63. The highest BCUT2D eigenvalue weighted by Crippen LogP contribution is 2.20. The van der Waals surface area contributed by atoms with Gasteiger partial charge in [0.15, 0.2) is 5.96 Å². The van der Waals surface area contributed by atoms with E-state index < -0.39 is 0 Å². The van der Waals surface area contributed by atoms with Crippen LogP contribution in [0.1, 0.15) is 48.9 Å². The number of thiazole rings is 1. The molecule has 1 aliphatic rings. The summed E-state index contributed by atoms with van der Waals surface area (Å²) < 4.78 is 5.86. The highest BCUT2D eigenvalue weighted by molar-refractivity contribution is 14.0. The van der Waals surface area contributed by atoms with Gasteiger partial charge >= 0.3 is 0 Å². The van der Waals surface area contributed by atoms with Crippen molar-refractivity contribution in [3.05, 3.63) is 16.1 Å². The van der Waals surface area contributed by atoms with Crippen LogP contribution in [0, 0.1) is 0 Å². The van der Waals surface area contributed by atoms with Crippen LogP contribution in [0.4, 0.5) is 0 Å². The Morgan fingerprint density at radius 3 is 2.75 bits per heavy atom. The van der Waals surface area contributed by atoms with E-state index in [-0.39, 0.29) is 24.0 Å². The standard InChI is InChI=1S/C17H30N4OS.HI/c1-3-15-13-21-16(23-15)9-11-20-17(18-2)19-10-6-12-22-14-7-4-5-8-14;/h13-14H,3-12H2,1-2H3,(H2,18,19,20);1H. The van der Waals surface area contributed by atoms with Crippen LogP contribution >= 0.6 is 35.3 Å². The van der Waals surface area contributed by atoms with Crippen molar-refractivity contribution < 1.29 is 4.74 Å². The van der Waals surface area contributed by atoms with Crippen LogP contribution in [-0.4, -0.2) is 43.8 Å². The Morgan fingerprint density at radius 2 is 2.08 bits per heavy atom. The van der Waals surface area contributed by atoms with Gasteiger partial charge in [0.1, 0.15) is 0 Å². The molecule has 5 nitrogen and oxygen atoms in total. The van der Waals surface area contributed by atoms with Crippen LogP contribution in [0.15, 0.2) is 11.2 Å². The van der Waals surface area contributed by atoms with Crippen molar-refractivity contribution in [2.24, 2.45) is 4.99 Å². The molecule has 0 bridgehead atoms. The topological polar surface area (TPSA) is 58.5 Å². The van der Waals surface area contributed by atoms with Crippen LogP contribution in [0.3, 0.4) is 0 Å². The van der Waals surface area contributed by atoms with E-state index in [0.717, 1.165) is 44.9 Å². The monoisotopic (exact) mass is 466 g/mol. The molecule has 2 rings (SSSR count). The van der Waals surface area contributed by atoms with Gasteiger partial charge in [0, 0.05) is 44.2 Å². The van der Waals surface area contributed by atoms with E-state index in [1.54, 1.807) is 11.3 Å². The minimum Gasteiger partial charge on any atom is -0.378 e. The molecule has 0 saturated heterocycles. The van der Waals surface area contributed by atoms with E-state index in [4.69, 9.17) is 4.74 Å². The lowest BCUT2D eigenvalue weighted by molar-refractivity contribution is 0.0574. The van der Waals surface area contributed by atoms with Crippen molar-refractivity contribution in [1.29, 1.82) is 0 Å². The first kappa shape index (κ1) is 21.6. The van der Waals surface area contributed by atoms with Gasteiger partial charge in [-0.3, -0.25) is 4.99 Å². The summed E-state index contributed by atoms with van der Waals surface area (Å²) in [7, 11) is 1.81. The third kappa shape index (κ3) is 8.11. The van der Waals surface area contributed by atoms with Crippen LogP contribution in [0.2, 0.25) is 0 Å². The van der Waals surface area contributed by atoms with Gasteiger partial charge in [-0.2, -0.15) is 0 Å². The van der Waals surface area contributed by atoms with Crippen molar-refractivity contribution >= 4 is 41.3 Å². The average Bonchev–Trinajstić information content (AvgIpc) is 3.24. The van der Waals surface area contributed by atoms with Crippen molar-refractivity contribution in [2.75, 3.05) is 26.7 Å². The van der Waals surface area contributed by atoms with Gasteiger partial charge in [0.05, 0.1) is 11.1 Å². The van der Waals surface area contributed by atoms with Crippen LogP contribution in [0.25, 0.3) is 0 Å². The minimum absolute atomic E-state index is 0. The van der Waals surface area contributed by atoms with Crippen molar-refractivity contribution in [2.45, 2.75) is 58.0 Å². The molecule has 0 radical (unpaired) electrons. The fraction of sp³-hybridized carbons (Fsp3) is 0.765. The Morgan fingerprint density at radius 1 is 1.33 bits per heavy atom. The number of aliphatic imine (C=N–C) groups is 1. The predicted molar refractivity (Wildman–Crippen MR) is 113 cm³/mol. The van der Waals surface area contributed by atoms with Gasteiger partial charge in [0.2, 0.25) is 0 Å². The number of aryl methyl sites for hydroxylation is 1. The van der Waals surface area contributed by atoms with Gasteiger partial charge in [-0.05, 0) is 25.7 Å². The number of ether oxygens (including phenoxy) is 1. The maximum atomic E-state index is 5.86. The number of hydrogen-bond acceptors (Lipinski definition) is 4. The quantitative estimate of drug-likeness (QED) is 0.254. The minimum atomic E-state index is 0. The molecule has 0 atom stereocenters. The summed E-state index contributed by atoms with van der Waals surface area (Å²) in [5.74, 6) is 0.859. The Bertz CT molecular complexity index is 475. The fourth-order valence-corrected chi connectivity index (χ4v) is 3.58. The Hall–Kier alpha value is -0.410. The molecule has 0 spiro atoms. The molecule has 24 heavy (non-hydrogen) atoms. The third-order valence-electron chi connectivity index (χ3n) is 4.07. The normalized spacial score (nSPS) is 15.3. The third-order valence-corrected chi connectivity index (χ3v) is 5.28. The highest BCUT2D eigenvalue weighted by Gasteiger charge is 2.14. The molecule has 0 amide bonds. The van der Waals surface area contributed by atoms with Crippen molar-refractivity contribution in [3.8, 4) is 0 Å². The van der Waals surface area contributed by atoms with Crippen LogP contribution in [-0.2, 0) is 17.6 Å². The molecule has 138 valence electrons. The second kappa shape index (κ2) is 12.9. The smallest absolute Gasteiger partial charge is 0.190 e. The highest BCUT2D eigenvalue weighted by atomic mass is 127. The first-order chi connectivity index (χ1) is 11.3. The molecule has 2 N–H and O–H groups in total. The van der Waals surface area contributed by atoms with Gasteiger partial charge in [-0.25, -0.2) is 4.98 Å². The summed E-state index contributed by atoms with van der Waals surface area (Å²) in [5, 5.41) is 7.87. The number of nitrogens with one attached hydrogen (secondary N) is 2. The second-order valence-corrected chi connectivity index (χ2v) is 7.08. The zero-order valence-electron chi connectivity index (χ0n) is 14.8. The van der Waals surface area contributed by atoms with E-state index in [1.165, 1.54) is 35.6 Å². The van der Waals surface area contributed by atoms with E-state index in [1.807, 2.05) is 13.2 Å². The summed E-state index contributed by atoms with van der Waals surface area (Å²) in [6.07, 6.45) is 10.7. The lowest BCUT2D eigenvalue weighted by Gasteiger charge is -2.13. The molecule has 1 aromatic heterocycles. The summed E-state index contributed by atoms with van der Waals surface area (Å²) in [4.78, 5) is 10.0. The van der Waals surface area contributed by atoms with Crippen molar-refractivity contribution in [1.82, 2.24) is 15.6 Å². The summed E-state index contributed by atoms with van der Waals surface area (Å²) in [5.41, 5.74) is 0. The molecule has 0 aliphatic heterocycles. The maximum absolute atomic E-state index is 5.86. The molecule has 7 heteroatoms. The molecule has 1 heterocycles. The number of halogens is 1. The molecule has 0 unspecified atom stereocenters.